The molecule has 2 N–H and O–H groups in total. The number of rotatable bonds is 3. The predicted octanol–water partition coefficient (Wildman–Crippen LogP) is 2.51. The number of benzene rings is 1. The minimum absolute atomic E-state index is 0.290. The normalized spacial score (nSPS) is 10.1. The molecule has 0 spiro atoms. The zero-order chi connectivity index (χ0) is 9.84. The van der Waals surface area contributed by atoms with Gasteiger partial charge in [0.15, 0.2) is 0 Å². The van der Waals surface area contributed by atoms with Gasteiger partial charge in [-0.3, -0.25) is 0 Å². The third-order valence-electron chi connectivity index (χ3n) is 1.75. The van der Waals surface area contributed by atoms with Crippen molar-refractivity contribution in [3.63, 3.8) is 0 Å². The zero-order valence-corrected chi connectivity index (χ0v) is 7.93. The number of anilines is 1. The summed E-state index contributed by atoms with van der Waals surface area (Å²) in [5, 5.41) is 0. The molecule has 0 unspecified atom stereocenters. The SMILES string of the molecule is CCCOc1cc(C)c(F)cc1N. The maximum Gasteiger partial charge on any atom is 0.142 e. The molecule has 3 heteroatoms. The van der Waals surface area contributed by atoms with Crippen LogP contribution in [0.1, 0.15) is 18.9 Å². The highest BCUT2D eigenvalue weighted by Gasteiger charge is 2.04. The maximum atomic E-state index is 12.9. The molecule has 1 aromatic carbocycles. The van der Waals surface area contributed by atoms with Crippen molar-refractivity contribution < 1.29 is 9.13 Å². The lowest BCUT2D eigenvalue weighted by Gasteiger charge is -2.08. The van der Waals surface area contributed by atoms with Crippen LogP contribution in [0, 0.1) is 12.7 Å². The second-order valence-electron chi connectivity index (χ2n) is 2.99. The lowest BCUT2D eigenvalue weighted by Crippen LogP contribution is -2.00. The van der Waals surface area contributed by atoms with E-state index < -0.39 is 0 Å². The van der Waals surface area contributed by atoms with Gasteiger partial charge in [0.05, 0.1) is 12.3 Å². The first-order valence-corrected chi connectivity index (χ1v) is 4.33. The molecular formula is C10H14FNO. The average molecular weight is 183 g/mol. The van der Waals surface area contributed by atoms with Crippen LogP contribution in [-0.2, 0) is 0 Å². The van der Waals surface area contributed by atoms with Crippen LogP contribution in [0.5, 0.6) is 5.75 Å². The molecule has 0 aromatic heterocycles. The predicted molar refractivity (Wildman–Crippen MR) is 51.3 cm³/mol. The number of halogens is 1. The molecule has 0 saturated carbocycles. The summed E-state index contributed by atoms with van der Waals surface area (Å²) in [5.74, 6) is 0.280. The highest BCUT2D eigenvalue weighted by atomic mass is 19.1. The first-order chi connectivity index (χ1) is 6.15. The van der Waals surface area contributed by atoms with E-state index in [2.05, 4.69) is 0 Å². The van der Waals surface area contributed by atoms with Gasteiger partial charge >= 0.3 is 0 Å². The Morgan fingerprint density at radius 1 is 1.46 bits per heavy atom. The van der Waals surface area contributed by atoms with Crippen molar-refractivity contribution in [3.05, 3.63) is 23.5 Å². The summed E-state index contributed by atoms with van der Waals surface area (Å²) in [6.45, 7) is 4.30. The molecular weight excluding hydrogens is 169 g/mol. The van der Waals surface area contributed by atoms with Crippen LogP contribution in [0.15, 0.2) is 12.1 Å². The molecule has 2 nitrogen and oxygen atoms in total. The van der Waals surface area contributed by atoms with E-state index >= 15 is 0 Å². The van der Waals surface area contributed by atoms with Gasteiger partial charge in [-0.15, -0.1) is 0 Å². The first-order valence-electron chi connectivity index (χ1n) is 4.33. The van der Waals surface area contributed by atoms with E-state index in [1.54, 1.807) is 13.0 Å². The molecule has 0 amide bonds. The topological polar surface area (TPSA) is 35.2 Å². The molecule has 0 radical (unpaired) electrons. The summed E-state index contributed by atoms with van der Waals surface area (Å²) < 4.78 is 18.3. The lowest BCUT2D eigenvalue weighted by molar-refractivity contribution is 0.318. The number of ether oxygens (including phenoxy) is 1. The van der Waals surface area contributed by atoms with E-state index in [0.717, 1.165) is 6.42 Å². The van der Waals surface area contributed by atoms with Gasteiger partial charge in [-0.05, 0) is 25.0 Å². The molecule has 0 atom stereocenters. The van der Waals surface area contributed by atoms with Crippen molar-refractivity contribution in [2.24, 2.45) is 0 Å². The van der Waals surface area contributed by atoms with Crippen molar-refractivity contribution in [1.82, 2.24) is 0 Å². The van der Waals surface area contributed by atoms with Crippen molar-refractivity contribution in [3.8, 4) is 5.75 Å². The minimum Gasteiger partial charge on any atom is -0.491 e. The van der Waals surface area contributed by atoms with Gasteiger partial charge in [0.2, 0.25) is 0 Å². The Balaban J connectivity index is 2.88. The summed E-state index contributed by atoms with van der Waals surface area (Å²) >= 11 is 0. The van der Waals surface area contributed by atoms with Gasteiger partial charge in [-0.2, -0.15) is 0 Å². The first kappa shape index (κ1) is 9.84. The number of nitrogen functional groups attached to an aromatic ring is 1. The summed E-state index contributed by atoms with van der Waals surface area (Å²) in [7, 11) is 0. The Labute approximate surface area is 77.5 Å². The average Bonchev–Trinajstić information content (AvgIpc) is 2.09. The third-order valence-corrected chi connectivity index (χ3v) is 1.75. The van der Waals surface area contributed by atoms with Gasteiger partial charge in [-0.25, -0.2) is 4.39 Å². The van der Waals surface area contributed by atoms with Crippen LogP contribution in [0.3, 0.4) is 0 Å². The Morgan fingerprint density at radius 2 is 2.15 bits per heavy atom. The van der Waals surface area contributed by atoms with Crippen LogP contribution in [-0.4, -0.2) is 6.61 Å². The fourth-order valence-corrected chi connectivity index (χ4v) is 1.01. The van der Waals surface area contributed by atoms with E-state index in [9.17, 15) is 4.39 Å². The van der Waals surface area contributed by atoms with Gasteiger partial charge in [-0.1, -0.05) is 6.92 Å². The fraction of sp³-hybridized carbons (Fsp3) is 0.400. The Morgan fingerprint density at radius 3 is 2.77 bits per heavy atom. The van der Waals surface area contributed by atoms with Crippen LogP contribution in [0.2, 0.25) is 0 Å². The number of aryl methyl sites for hydroxylation is 1. The van der Waals surface area contributed by atoms with E-state index in [0.29, 0.717) is 23.6 Å². The van der Waals surface area contributed by atoms with Crippen LogP contribution >= 0.6 is 0 Å². The lowest BCUT2D eigenvalue weighted by atomic mass is 10.2. The van der Waals surface area contributed by atoms with E-state index in [-0.39, 0.29) is 5.82 Å². The van der Waals surface area contributed by atoms with Gasteiger partial charge < -0.3 is 10.5 Å². The van der Waals surface area contributed by atoms with Crippen LogP contribution in [0.25, 0.3) is 0 Å². The largest absolute Gasteiger partial charge is 0.491 e. The molecule has 0 fully saturated rings. The molecule has 0 aliphatic heterocycles. The highest BCUT2D eigenvalue weighted by molar-refractivity contribution is 5.54. The summed E-state index contributed by atoms with van der Waals surface area (Å²) in [5.41, 5.74) is 6.48. The molecule has 13 heavy (non-hydrogen) atoms. The number of hydrogen-bond donors (Lipinski definition) is 1. The molecule has 0 bridgehead atoms. The standard InChI is InChI=1S/C10H14FNO/c1-3-4-13-10-5-7(2)8(11)6-9(10)12/h5-6H,3-4,12H2,1-2H3. The second kappa shape index (κ2) is 4.12. The Hall–Kier alpha value is -1.25. The fourth-order valence-electron chi connectivity index (χ4n) is 1.01. The third kappa shape index (κ3) is 2.34. The number of nitrogens with two attached hydrogens (primary N) is 1. The van der Waals surface area contributed by atoms with E-state index in [4.69, 9.17) is 10.5 Å². The summed E-state index contributed by atoms with van der Waals surface area (Å²) in [6.07, 6.45) is 0.913. The van der Waals surface area contributed by atoms with Crippen molar-refractivity contribution in [1.29, 1.82) is 0 Å². The molecule has 0 aliphatic rings. The minimum atomic E-state index is -0.290. The van der Waals surface area contributed by atoms with Crippen LogP contribution < -0.4 is 10.5 Å². The Bertz CT molecular complexity index is 299. The molecule has 0 aliphatic carbocycles. The molecule has 1 aromatic rings. The molecule has 0 heterocycles. The second-order valence-corrected chi connectivity index (χ2v) is 2.99. The van der Waals surface area contributed by atoms with Gasteiger partial charge in [0, 0.05) is 6.07 Å². The van der Waals surface area contributed by atoms with E-state index in [1.807, 2.05) is 6.92 Å². The van der Waals surface area contributed by atoms with Gasteiger partial charge in [0.25, 0.3) is 0 Å². The van der Waals surface area contributed by atoms with Crippen molar-refractivity contribution in [2.45, 2.75) is 20.3 Å². The monoisotopic (exact) mass is 183 g/mol. The zero-order valence-electron chi connectivity index (χ0n) is 7.93. The Kier molecular flexibility index (Phi) is 3.12. The van der Waals surface area contributed by atoms with Crippen molar-refractivity contribution in [2.75, 3.05) is 12.3 Å². The van der Waals surface area contributed by atoms with E-state index in [1.165, 1.54) is 6.07 Å². The number of hydrogen-bond acceptors (Lipinski definition) is 2. The smallest absolute Gasteiger partial charge is 0.142 e. The summed E-state index contributed by atoms with van der Waals surface area (Å²) in [6, 6.07) is 2.92. The van der Waals surface area contributed by atoms with Crippen molar-refractivity contribution >= 4 is 5.69 Å². The highest BCUT2D eigenvalue weighted by Crippen LogP contribution is 2.24. The maximum absolute atomic E-state index is 12.9. The van der Waals surface area contributed by atoms with Crippen LogP contribution in [0.4, 0.5) is 10.1 Å². The molecule has 72 valence electrons. The van der Waals surface area contributed by atoms with Gasteiger partial charge in [0.1, 0.15) is 11.6 Å². The summed E-state index contributed by atoms with van der Waals surface area (Å²) in [4.78, 5) is 0. The quantitative estimate of drug-likeness (QED) is 0.731. The molecule has 1 rings (SSSR count). The molecule has 0 saturated heterocycles.